The van der Waals surface area contributed by atoms with Crippen molar-refractivity contribution in [1.29, 1.82) is 0 Å². The van der Waals surface area contributed by atoms with E-state index < -0.39 is 20.7 Å². The lowest BCUT2D eigenvalue weighted by Gasteiger charge is -2.36. The first-order valence-electron chi connectivity index (χ1n) is 4.03. The number of ether oxygens (including phenoxy) is 1. The van der Waals surface area contributed by atoms with E-state index in [9.17, 15) is 4.55 Å². The molecule has 1 saturated heterocycles. The predicted molar refractivity (Wildman–Crippen MR) is 55.5 cm³/mol. The molecule has 0 aliphatic carbocycles. The summed E-state index contributed by atoms with van der Waals surface area (Å²) < 4.78 is 46.4. The Morgan fingerprint density at radius 1 is 1.29 bits per heavy atom. The van der Waals surface area contributed by atoms with E-state index in [1.165, 1.54) is 0 Å². The maximum absolute atomic E-state index is 9.68. The Hall–Kier alpha value is 0.140. The molecule has 3 N–H and O–H groups in total. The lowest BCUT2D eigenvalue weighted by Crippen LogP contribution is -2.24. The predicted octanol–water partition coefficient (Wildman–Crippen LogP) is 0.661. The largest absolute Gasteiger partial charge is 0.394 e. The van der Waals surface area contributed by atoms with Crippen LogP contribution in [0.4, 0.5) is 0 Å². The van der Waals surface area contributed by atoms with Crippen molar-refractivity contribution in [2.45, 2.75) is 6.92 Å². The molecule has 0 aromatic heterocycles. The Bertz CT molecular complexity index is 235. The van der Waals surface area contributed by atoms with Gasteiger partial charge in [0, 0.05) is 11.5 Å². The molecule has 0 radical (unpaired) electrons. The van der Waals surface area contributed by atoms with Gasteiger partial charge in [0.05, 0.1) is 13.2 Å². The van der Waals surface area contributed by atoms with Gasteiger partial charge in [-0.1, -0.05) is 6.92 Å². The quantitative estimate of drug-likeness (QED) is 0.589. The van der Waals surface area contributed by atoms with E-state index in [4.69, 9.17) is 22.3 Å². The summed E-state index contributed by atoms with van der Waals surface area (Å²) >= 11 is 0. The zero-order valence-corrected chi connectivity index (χ0v) is 9.55. The summed E-state index contributed by atoms with van der Waals surface area (Å²) in [5.41, 5.74) is 0. The minimum absolute atomic E-state index is 0.764. The lowest BCUT2D eigenvalue weighted by atomic mass is 10.8. The van der Waals surface area contributed by atoms with Gasteiger partial charge in [-0.15, -0.1) is 10.3 Å². The van der Waals surface area contributed by atoms with Crippen molar-refractivity contribution in [1.82, 2.24) is 0 Å². The average molecular weight is 248 g/mol. The van der Waals surface area contributed by atoms with E-state index in [2.05, 4.69) is 6.92 Å². The van der Waals surface area contributed by atoms with Gasteiger partial charge in [-0.25, -0.2) is 0 Å². The second-order valence-corrected chi connectivity index (χ2v) is 7.05. The monoisotopic (exact) mass is 248 g/mol. The van der Waals surface area contributed by atoms with Gasteiger partial charge < -0.3 is 9.29 Å². The zero-order chi connectivity index (χ0) is 11.2. The van der Waals surface area contributed by atoms with E-state index >= 15 is 0 Å². The molecule has 1 heterocycles. The fraction of sp³-hybridized carbons (Fsp3) is 1.00. The number of rotatable bonds is 1. The third-order valence-corrected chi connectivity index (χ3v) is 4.68. The van der Waals surface area contributed by atoms with Gasteiger partial charge in [0.15, 0.2) is 0 Å². The van der Waals surface area contributed by atoms with Crippen LogP contribution in [0, 0.1) is 0 Å². The van der Waals surface area contributed by atoms with Gasteiger partial charge in [-0.05, 0) is 5.75 Å². The second kappa shape index (κ2) is 5.89. The van der Waals surface area contributed by atoms with Gasteiger partial charge in [0.2, 0.25) is 0 Å². The summed E-state index contributed by atoms with van der Waals surface area (Å²) in [5.74, 6) is 2.73. The fourth-order valence-electron chi connectivity index (χ4n) is 0.921. The standard InChI is InChI=1S/C6H14O2S.H2O4S/c1-2-9(7)5-3-8-4-6-9;1-5(2,3)4/h7H,2-6H2,1H3;(H2,1,2,3,4). The Morgan fingerprint density at radius 2 is 1.64 bits per heavy atom. The lowest BCUT2D eigenvalue weighted by molar-refractivity contribution is 0.156. The molecular formula is C6H16O6S2. The van der Waals surface area contributed by atoms with Crippen molar-refractivity contribution in [3.8, 4) is 0 Å². The first-order chi connectivity index (χ1) is 6.27. The Labute approximate surface area is 85.4 Å². The molecule has 1 aliphatic heterocycles. The van der Waals surface area contributed by atoms with Crippen LogP contribution in [-0.4, -0.2) is 52.5 Å². The van der Waals surface area contributed by atoms with Crippen LogP contribution in [0.1, 0.15) is 6.92 Å². The molecule has 0 saturated carbocycles. The van der Waals surface area contributed by atoms with Crippen LogP contribution in [-0.2, 0) is 15.1 Å². The molecule has 0 bridgehead atoms. The summed E-state index contributed by atoms with van der Waals surface area (Å²) in [5, 5.41) is 0. The SMILES string of the molecule is CCS1(O)CCOCC1.O=S(=O)(O)O. The van der Waals surface area contributed by atoms with Gasteiger partial charge >= 0.3 is 10.4 Å². The molecule has 8 heteroatoms. The summed E-state index contributed by atoms with van der Waals surface area (Å²) in [7, 11) is -5.87. The van der Waals surface area contributed by atoms with Crippen LogP contribution in [0.15, 0.2) is 0 Å². The highest BCUT2D eigenvalue weighted by Crippen LogP contribution is 2.43. The molecule has 1 fully saturated rings. The second-order valence-electron chi connectivity index (χ2n) is 2.76. The van der Waals surface area contributed by atoms with E-state index in [-0.39, 0.29) is 0 Å². The van der Waals surface area contributed by atoms with Crippen LogP contribution in [0.2, 0.25) is 0 Å². The smallest absolute Gasteiger partial charge is 0.380 e. The average Bonchev–Trinajstić information content (AvgIpc) is 2.03. The summed E-state index contributed by atoms with van der Waals surface area (Å²) in [4.78, 5) is 0. The minimum Gasteiger partial charge on any atom is -0.380 e. The Morgan fingerprint density at radius 3 is 1.86 bits per heavy atom. The molecule has 1 aliphatic rings. The third-order valence-electron chi connectivity index (χ3n) is 1.75. The molecule has 88 valence electrons. The summed E-state index contributed by atoms with van der Waals surface area (Å²) in [6, 6.07) is 0. The van der Waals surface area contributed by atoms with E-state index in [0.29, 0.717) is 0 Å². The fourth-order valence-corrected chi connectivity index (χ4v) is 2.56. The molecule has 6 nitrogen and oxygen atoms in total. The Balaban J connectivity index is 0.000000292. The minimum atomic E-state index is -4.67. The van der Waals surface area contributed by atoms with Gasteiger partial charge in [0.25, 0.3) is 0 Å². The molecule has 0 unspecified atom stereocenters. The van der Waals surface area contributed by atoms with Crippen molar-refractivity contribution >= 4 is 20.7 Å². The van der Waals surface area contributed by atoms with Gasteiger partial charge in [-0.2, -0.15) is 8.42 Å². The first-order valence-corrected chi connectivity index (χ1v) is 7.53. The van der Waals surface area contributed by atoms with Crippen molar-refractivity contribution in [2.24, 2.45) is 0 Å². The van der Waals surface area contributed by atoms with Gasteiger partial charge in [0.1, 0.15) is 0 Å². The van der Waals surface area contributed by atoms with Crippen LogP contribution in [0.3, 0.4) is 0 Å². The van der Waals surface area contributed by atoms with Crippen molar-refractivity contribution in [3.63, 3.8) is 0 Å². The van der Waals surface area contributed by atoms with E-state index in [1.807, 2.05) is 0 Å². The summed E-state index contributed by atoms with van der Waals surface area (Å²) in [6.07, 6.45) is 0. The van der Waals surface area contributed by atoms with Crippen molar-refractivity contribution < 1.29 is 26.8 Å². The Kier molecular flexibility index (Phi) is 5.94. The zero-order valence-electron chi connectivity index (χ0n) is 7.92. The third kappa shape index (κ3) is 8.73. The molecular weight excluding hydrogens is 232 g/mol. The molecule has 1 rings (SSSR count). The highest BCUT2D eigenvalue weighted by Gasteiger charge is 2.21. The molecule has 0 spiro atoms. The number of hydrogen-bond donors (Lipinski definition) is 3. The first kappa shape index (κ1) is 14.1. The van der Waals surface area contributed by atoms with Crippen LogP contribution < -0.4 is 0 Å². The summed E-state index contributed by atoms with van der Waals surface area (Å²) in [6.45, 7) is 3.58. The highest BCUT2D eigenvalue weighted by atomic mass is 32.3. The van der Waals surface area contributed by atoms with Gasteiger partial charge in [-0.3, -0.25) is 9.11 Å². The normalized spacial score (nSPS) is 23.1. The maximum atomic E-state index is 9.68. The number of hydrogen-bond acceptors (Lipinski definition) is 4. The molecule has 0 atom stereocenters. The molecule has 0 aromatic carbocycles. The van der Waals surface area contributed by atoms with Crippen molar-refractivity contribution in [2.75, 3.05) is 30.5 Å². The van der Waals surface area contributed by atoms with Crippen LogP contribution in [0.25, 0.3) is 0 Å². The van der Waals surface area contributed by atoms with Crippen molar-refractivity contribution in [3.05, 3.63) is 0 Å². The molecule has 0 aromatic rings. The molecule has 0 amide bonds. The van der Waals surface area contributed by atoms with E-state index in [1.54, 1.807) is 0 Å². The van der Waals surface area contributed by atoms with E-state index in [0.717, 1.165) is 30.5 Å². The maximum Gasteiger partial charge on any atom is 0.394 e. The van der Waals surface area contributed by atoms with Crippen LogP contribution >= 0.6 is 10.3 Å². The topological polar surface area (TPSA) is 104 Å². The highest BCUT2D eigenvalue weighted by molar-refractivity contribution is 8.29. The van der Waals surface area contributed by atoms with Crippen LogP contribution in [0.5, 0.6) is 0 Å². The molecule has 14 heavy (non-hydrogen) atoms.